The van der Waals surface area contributed by atoms with E-state index in [0.29, 0.717) is 5.69 Å². The molecule has 1 heterocycles. The van der Waals surface area contributed by atoms with E-state index in [9.17, 15) is 18.0 Å². The predicted octanol–water partition coefficient (Wildman–Crippen LogP) is 4.41. The molecule has 3 aromatic carbocycles. The first kappa shape index (κ1) is 24.4. The Kier molecular flexibility index (Phi) is 7.14. The number of sulfonamides is 1. The van der Waals surface area contributed by atoms with Crippen molar-refractivity contribution in [1.82, 2.24) is 9.21 Å². The third-order valence-corrected chi connectivity index (χ3v) is 7.76. The third kappa shape index (κ3) is 5.50. The van der Waals surface area contributed by atoms with Crippen molar-refractivity contribution in [1.29, 1.82) is 0 Å². The fourth-order valence-corrected chi connectivity index (χ4v) is 5.28. The Morgan fingerprint density at radius 2 is 1.60 bits per heavy atom. The van der Waals surface area contributed by atoms with E-state index >= 15 is 0 Å². The van der Waals surface area contributed by atoms with Crippen LogP contribution in [0.2, 0.25) is 0 Å². The summed E-state index contributed by atoms with van der Waals surface area (Å²) < 4.78 is 27.2. The van der Waals surface area contributed by atoms with Gasteiger partial charge in [0.25, 0.3) is 0 Å². The van der Waals surface area contributed by atoms with Crippen LogP contribution in [0.25, 0.3) is 6.08 Å². The van der Waals surface area contributed by atoms with Gasteiger partial charge in [0, 0.05) is 32.4 Å². The van der Waals surface area contributed by atoms with Crippen molar-refractivity contribution < 1.29 is 18.0 Å². The lowest BCUT2D eigenvalue weighted by Gasteiger charge is -2.32. The lowest BCUT2D eigenvalue weighted by Crippen LogP contribution is -2.33. The molecule has 1 atom stereocenters. The molecule has 1 aliphatic heterocycles. The number of hydrogen-bond donors (Lipinski definition) is 1. The number of carbonyl (C=O) groups excluding carboxylic acids is 2. The standard InChI is InChI=1S/C27H27N3O4S/c1-20(31)30-17-16-22-10-6-7-11-25(22)26(30)18-27(32)28-23-12-14-24(15-13-23)35(33,34)29(2)19-21-8-4-3-5-9-21/h3-17,26H,18-19H2,1-2H3,(H,28,32)/t26-/m1/s1. The molecule has 7 nitrogen and oxygen atoms in total. The van der Waals surface area contributed by atoms with Crippen molar-refractivity contribution in [2.75, 3.05) is 12.4 Å². The van der Waals surface area contributed by atoms with Gasteiger partial charge in [-0.25, -0.2) is 8.42 Å². The van der Waals surface area contributed by atoms with Gasteiger partial charge in [-0.05, 0) is 47.0 Å². The van der Waals surface area contributed by atoms with E-state index < -0.39 is 16.1 Å². The molecule has 1 aliphatic rings. The molecule has 0 unspecified atom stereocenters. The first-order valence-corrected chi connectivity index (χ1v) is 12.7. The zero-order chi connectivity index (χ0) is 25.0. The Hall–Kier alpha value is -3.75. The number of fused-ring (bicyclic) bond motifs is 1. The Morgan fingerprint density at radius 1 is 0.943 bits per heavy atom. The third-order valence-electron chi connectivity index (χ3n) is 5.94. The van der Waals surface area contributed by atoms with Crippen molar-refractivity contribution in [3.8, 4) is 0 Å². The zero-order valence-electron chi connectivity index (χ0n) is 19.6. The molecule has 0 spiro atoms. The van der Waals surface area contributed by atoms with E-state index in [1.54, 1.807) is 23.2 Å². The smallest absolute Gasteiger partial charge is 0.243 e. The molecule has 0 saturated carbocycles. The van der Waals surface area contributed by atoms with E-state index in [1.807, 2.05) is 60.7 Å². The molecule has 0 fully saturated rings. The van der Waals surface area contributed by atoms with Gasteiger partial charge in [-0.2, -0.15) is 4.31 Å². The minimum atomic E-state index is -3.69. The van der Waals surface area contributed by atoms with Crippen LogP contribution in [0, 0.1) is 0 Å². The van der Waals surface area contributed by atoms with E-state index in [0.717, 1.165) is 16.7 Å². The molecule has 1 N–H and O–H groups in total. The molecule has 0 radical (unpaired) electrons. The molecular weight excluding hydrogens is 462 g/mol. The SMILES string of the molecule is CC(=O)N1C=Cc2ccccc2[C@H]1CC(=O)Nc1ccc(S(=O)(=O)N(C)Cc2ccccc2)cc1. The highest BCUT2D eigenvalue weighted by molar-refractivity contribution is 7.89. The van der Waals surface area contributed by atoms with Gasteiger partial charge in [0.1, 0.15) is 0 Å². The average Bonchev–Trinajstić information content (AvgIpc) is 2.85. The Morgan fingerprint density at radius 3 is 2.29 bits per heavy atom. The van der Waals surface area contributed by atoms with E-state index in [-0.39, 0.29) is 29.7 Å². The molecular formula is C27H27N3O4S. The number of amides is 2. The van der Waals surface area contributed by atoms with Crippen molar-refractivity contribution in [2.45, 2.75) is 30.8 Å². The summed E-state index contributed by atoms with van der Waals surface area (Å²) in [6, 6.07) is 22.7. The first-order valence-electron chi connectivity index (χ1n) is 11.2. The number of anilines is 1. The predicted molar refractivity (Wildman–Crippen MR) is 136 cm³/mol. The summed E-state index contributed by atoms with van der Waals surface area (Å²) in [6.45, 7) is 1.72. The van der Waals surface area contributed by atoms with Gasteiger partial charge < -0.3 is 10.2 Å². The normalized spacial score (nSPS) is 15.1. The van der Waals surface area contributed by atoms with Crippen LogP contribution < -0.4 is 5.32 Å². The van der Waals surface area contributed by atoms with E-state index in [4.69, 9.17) is 0 Å². The lowest BCUT2D eigenvalue weighted by atomic mass is 9.93. The van der Waals surface area contributed by atoms with Crippen molar-refractivity contribution in [3.63, 3.8) is 0 Å². The van der Waals surface area contributed by atoms with E-state index in [2.05, 4.69) is 5.32 Å². The number of rotatable bonds is 7. The van der Waals surface area contributed by atoms with Crippen molar-refractivity contribution >= 4 is 33.6 Å². The highest BCUT2D eigenvalue weighted by Gasteiger charge is 2.28. The van der Waals surface area contributed by atoms with Crippen LogP contribution in [0.4, 0.5) is 5.69 Å². The van der Waals surface area contributed by atoms with Gasteiger partial charge >= 0.3 is 0 Å². The van der Waals surface area contributed by atoms with Gasteiger partial charge in [-0.1, -0.05) is 54.6 Å². The molecule has 8 heteroatoms. The lowest BCUT2D eigenvalue weighted by molar-refractivity contribution is -0.129. The molecule has 2 amide bonds. The van der Waals surface area contributed by atoms with Gasteiger partial charge in [0.15, 0.2) is 0 Å². The summed E-state index contributed by atoms with van der Waals surface area (Å²) in [4.78, 5) is 26.7. The van der Waals surface area contributed by atoms with Gasteiger partial charge in [0.2, 0.25) is 21.8 Å². The van der Waals surface area contributed by atoms with E-state index in [1.165, 1.54) is 30.4 Å². The topological polar surface area (TPSA) is 86.8 Å². The molecule has 4 rings (SSSR count). The quantitative estimate of drug-likeness (QED) is 0.533. The summed E-state index contributed by atoms with van der Waals surface area (Å²) in [5, 5.41) is 2.82. The first-order chi connectivity index (χ1) is 16.8. The van der Waals surface area contributed by atoms with Gasteiger partial charge in [-0.15, -0.1) is 0 Å². The number of carbonyl (C=O) groups is 2. The Balaban J connectivity index is 1.44. The van der Waals surface area contributed by atoms with Gasteiger partial charge in [0.05, 0.1) is 17.4 Å². The minimum Gasteiger partial charge on any atom is -0.326 e. The number of nitrogens with zero attached hydrogens (tertiary/aromatic N) is 2. The maximum atomic E-state index is 12.9. The number of hydrogen-bond acceptors (Lipinski definition) is 4. The molecule has 0 saturated heterocycles. The largest absolute Gasteiger partial charge is 0.326 e. The van der Waals surface area contributed by atoms with Crippen LogP contribution >= 0.6 is 0 Å². The molecule has 0 bridgehead atoms. The highest BCUT2D eigenvalue weighted by Crippen LogP contribution is 2.33. The van der Waals surface area contributed by atoms with Gasteiger partial charge in [-0.3, -0.25) is 9.59 Å². The minimum absolute atomic E-state index is 0.0702. The second-order valence-corrected chi connectivity index (χ2v) is 10.5. The number of benzene rings is 3. The molecule has 3 aromatic rings. The molecule has 0 aliphatic carbocycles. The van der Waals surface area contributed by atoms with Crippen LogP contribution in [0.3, 0.4) is 0 Å². The van der Waals surface area contributed by atoms with Crippen LogP contribution in [0.15, 0.2) is 90.0 Å². The number of nitrogens with one attached hydrogen (secondary N) is 1. The molecule has 35 heavy (non-hydrogen) atoms. The summed E-state index contributed by atoms with van der Waals surface area (Å²) in [5.74, 6) is -0.425. The fraction of sp³-hybridized carbons (Fsp3) is 0.185. The second kappa shape index (κ2) is 10.2. The molecule has 180 valence electrons. The fourth-order valence-electron chi connectivity index (χ4n) is 4.12. The molecule has 0 aromatic heterocycles. The highest BCUT2D eigenvalue weighted by atomic mass is 32.2. The van der Waals surface area contributed by atoms with Crippen molar-refractivity contribution in [3.05, 3.63) is 102 Å². The maximum absolute atomic E-state index is 12.9. The van der Waals surface area contributed by atoms with Crippen LogP contribution in [0.1, 0.15) is 36.1 Å². The summed E-state index contributed by atoms with van der Waals surface area (Å²) in [6.07, 6.45) is 3.63. The summed E-state index contributed by atoms with van der Waals surface area (Å²) in [7, 11) is -2.15. The Labute approximate surface area is 205 Å². The maximum Gasteiger partial charge on any atom is 0.243 e. The summed E-state index contributed by atoms with van der Waals surface area (Å²) >= 11 is 0. The van der Waals surface area contributed by atoms with Crippen LogP contribution in [-0.2, 0) is 26.2 Å². The zero-order valence-corrected chi connectivity index (χ0v) is 20.4. The monoisotopic (exact) mass is 489 g/mol. The second-order valence-electron chi connectivity index (χ2n) is 8.41. The van der Waals surface area contributed by atoms with Crippen molar-refractivity contribution in [2.24, 2.45) is 0 Å². The average molecular weight is 490 g/mol. The van der Waals surface area contributed by atoms with Crippen LogP contribution in [0.5, 0.6) is 0 Å². The van der Waals surface area contributed by atoms with Crippen LogP contribution in [-0.4, -0.2) is 36.5 Å². The summed E-state index contributed by atoms with van der Waals surface area (Å²) in [5.41, 5.74) is 3.25. The Bertz CT molecular complexity index is 1350.